The molecule has 1 unspecified atom stereocenters. The Morgan fingerprint density at radius 3 is 2.69 bits per heavy atom. The van der Waals surface area contributed by atoms with Gasteiger partial charge in [0.2, 0.25) is 0 Å². The van der Waals surface area contributed by atoms with Crippen molar-refractivity contribution in [3.05, 3.63) is 18.2 Å². The highest BCUT2D eigenvalue weighted by Gasteiger charge is 2.17. The van der Waals surface area contributed by atoms with E-state index < -0.39 is 0 Å². The molecule has 1 fully saturated rings. The Balaban J connectivity index is 1.75. The molecular formula is C13H21ClN2. The molecule has 1 aromatic heterocycles. The first kappa shape index (κ1) is 12.0. The number of nitrogens with one attached hydrogen (secondary N) is 1. The first-order valence-corrected chi connectivity index (χ1v) is 6.90. The van der Waals surface area contributed by atoms with Crippen LogP contribution in [0, 0.1) is 5.92 Å². The van der Waals surface area contributed by atoms with Crippen LogP contribution in [0.25, 0.3) is 0 Å². The van der Waals surface area contributed by atoms with E-state index in [-0.39, 0.29) is 5.38 Å². The summed E-state index contributed by atoms with van der Waals surface area (Å²) in [5, 5.41) is 0.245. The van der Waals surface area contributed by atoms with E-state index in [1.165, 1.54) is 38.5 Å². The van der Waals surface area contributed by atoms with Gasteiger partial charge >= 0.3 is 0 Å². The van der Waals surface area contributed by atoms with Crippen LogP contribution in [0.3, 0.4) is 0 Å². The van der Waals surface area contributed by atoms with Crippen LogP contribution in [0.4, 0.5) is 0 Å². The second-order valence-corrected chi connectivity index (χ2v) is 5.55. The van der Waals surface area contributed by atoms with Crippen molar-refractivity contribution in [3.63, 3.8) is 0 Å². The molecule has 2 rings (SSSR count). The molecule has 0 aromatic carbocycles. The fourth-order valence-corrected chi connectivity index (χ4v) is 3.06. The van der Waals surface area contributed by atoms with Crippen molar-refractivity contribution >= 4 is 11.6 Å². The average Bonchev–Trinajstić information content (AvgIpc) is 2.62. The van der Waals surface area contributed by atoms with Crippen LogP contribution < -0.4 is 0 Å². The summed E-state index contributed by atoms with van der Waals surface area (Å²) in [6, 6.07) is 0. The molecule has 0 spiro atoms. The number of imidazole rings is 1. The van der Waals surface area contributed by atoms with Crippen LogP contribution in [-0.4, -0.2) is 15.3 Å². The second kappa shape index (κ2) is 6.29. The molecule has 1 aromatic rings. The summed E-state index contributed by atoms with van der Waals surface area (Å²) in [6.45, 7) is 0. The van der Waals surface area contributed by atoms with Gasteiger partial charge in [0.25, 0.3) is 0 Å². The van der Waals surface area contributed by atoms with E-state index in [2.05, 4.69) is 9.97 Å². The van der Waals surface area contributed by atoms with Crippen molar-refractivity contribution in [1.29, 1.82) is 0 Å². The van der Waals surface area contributed by atoms with Gasteiger partial charge in [-0.25, -0.2) is 4.98 Å². The standard InChI is InChI=1S/C13H21ClN2/c14-12(10-13-15-7-8-16-13)9-11-5-3-1-2-4-6-11/h7-8,11-12H,1-6,9-10H2,(H,15,16). The van der Waals surface area contributed by atoms with E-state index >= 15 is 0 Å². The Bertz CT molecular complexity index is 276. The number of hydrogen-bond donors (Lipinski definition) is 1. The molecule has 0 radical (unpaired) electrons. The first-order chi connectivity index (χ1) is 7.84. The quantitative estimate of drug-likeness (QED) is 0.627. The molecule has 0 amide bonds. The lowest BCUT2D eigenvalue weighted by Gasteiger charge is -2.17. The largest absolute Gasteiger partial charge is 0.349 e. The minimum atomic E-state index is 0.245. The van der Waals surface area contributed by atoms with Gasteiger partial charge in [0, 0.05) is 24.2 Å². The molecule has 3 heteroatoms. The highest BCUT2D eigenvalue weighted by molar-refractivity contribution is 6.20. The van der Waals surface area contributed by atoms with Crippen LogP contribution in [0.1, 0.15) is 50.8 Å². The number of aromatic nitrogens is 2. The molecule has 90 valence electrons. The molecule has 0 saturated heterocycles. The van der Waals surface area contributed by atoms with E-state index in [1.807, 2.05) is 6.20 Å². The van der Waals surface area contributed by atoms with E-state index in [9.17, 15) is 0 Å². The van der Waals surface area contributed by atoms with Crippen LogP contribution in [0.2, 0.25) is 0 Å². The van der Waals surface area contributed by atoms with Gasteiger partial charge in [-0.05, 0) is 12.3 Å². The summed E-state index contributed by atoms with van der Waals surface area (Å²) in [5.41, 5.74) is 0. The summed E-state index contributed by atoms with van der Waals surface area (Å²) in [7, 11) is 0. The van der Waals surface area contributed by atoms with Crippen molar-refractivity contribution in [2.24, 2.45) is 5.92 Å². The van der Waals surface area contributed by atoms with Crippen molar-refractivity contribution in [1.82, 2.24) is 9.97 Å². The summed E-state index contributed by atoms with van der Waals surface area (Å²) in [6.07, 6.45) is 14.1. The van der Waals surface area contributed by atoms with E-state index in [0.29, 0.717) is 0 Å². The molecule has 1 aliphatic carbocycles. The lowest BCUT2D eigenvalue weighted by Crippen LogP contribution is -2.11. The SMILES string of the molecule is ClC(Cc1ncc[nH]1)CC1CCCCCC1. The van der Waals surface area contributed by atoms with Crippen molar-refractivity contribution < 1.29 is 0 Å². The van der Waals surface area contributed by atoms with E-state index in [0.717, 1.165) is 24.6 Å². The number of aromatic amines is 1. The number of rotatable bonds is 4. The van der Waals surface area contributed by atoms with Crippen LogP contribution in [0.15, 0.2) is 12.4 Å². The minimum Gasteiger partial charge on any atom is -0.349 e. The molecule has 1 atom stereocenters. The van der Waals surface area contributed by atoms with Crippen molar-refractivity contribution in [2.45, 2.75) is 56.7 Å². The monoisotopic (exact) mass is 240 g/mol. The Kier molecular flexibility index (Phi) is 4.70. The lowest BCUT2D eigenvalue weighted by atomic mass is 9.94. The third-order valence-electron chi connectivity index (χ3n) is 3.53. The maximum atomic E-state index is 6.40. The van der Waals surface area contributed by atoms with Gasteiger partial charge in [-0.1, -0.05) is 38.5 Å². The summed E-state index contributed by atoms with van der Waals surface area (Å²) < 4.78 is 0. The maximum Gasteiger partial charge on any atom is 0.107 e. The van der Waals surface area contributed by atoms with Crippen LogP contribution >= 0.6 is 11.6 Å². The Labute approximate surface area is 103 Å². The molecule has 1 saturated carbocycles. The summed E-state index contributed by atoms with van der Waals surface area (Å²) in [4.78, 5) is 7.35. The van der Waals surface area contributed by atoms with E-state index in [4.69, 9.17) is 11.6 Å². The van der Waals surface area contributed by atoms with Crippen molar-refractivity contribution in [3.8, 4) is 0 Å². The average molecular weight is 241 g/mol. The third-order valence-corrected chi connectivity index (χ3v) is 3.87. The van der Waals surface area contributed by atoms with Crippen LogP contribution in [-0.2, 0) is 6.42 Å². The predicted molar refractivity (Wildman–Crippen MR) is 67.7 cm³/mol. The van der Waals surface area contributed by atoms with Gasteiger partial charge in [0.05, 0.1) is 0 Å². The molecule has 0 bridgehead atoms. The van der Waals surface area contributed by atoms with E-state index in [1.54, 1.807) is 6.20 Å². The predicted octanol–water partition coefficient (Wildman–Crippen LogP) is 3.92. The molecule has 2 nitrogen and oxygen atoms in total. The maximum absolute atomic E-state index is 6.40. The highest BCUT2D eigenvalue weighted by atomic mass is 35.5. The Morgan fingerprint density at radius 1 is 1.31 bits per heavy atom. The Hall–Kier alpha value is -0.500. The van der Waals surface area contributed by atoms with Gasteiger partial charge in [0.15, 0.2) is 0 Å². The molecule has 16 heavy (non-hydrogen) atoms. The molecular weight excluding hydrogens is 220 g/mol. The summed E-state index contributed by atoms with van der Waals surface area (Å²) in [5.74, 6) is 1.87. The van der Waals surface area contributed by atoms with Gasteiger partial charge in [-0.15, -0.1) is 11.6 Å². The first-order valence-electron chi connectivity index (χ1n) is 6.47. The topological polar surface area (TPSA) is 28.7 Å². The van der Waals surface area contributed by atoms with Crippen LogP contribution in [0.5, 0.6) is 0 Å². The van der Waals surface area contributed by atoms with Crippen molar-refractivity contribution in [2.75, 3.05) is 0 Å². The van der Waals surface area contributed by atoms with Gasteiger partial charge in [0.1, 0.15) is 5.82 Å². The minimum absolute atomic E-state index is 0.245. The fourth-order valence-electron chi connectivity index (χ4n) is 2.66. The van der Waals surface area contributed by atoms with Gasteiger partial charge in [-0.2, -0.15) is 0 Å². The normalized spacial score (nSPS) is 20.6. The number of alkyl halides is 1. The molecule has 1 aliphatic rings. The molecule has 1 N–H and O–H groups in total. The number of hydrogen-bond acceptors (Lipinski definition) is 1. The number of H-pyrrole nitrogens is 1. The second-order valence-electron chi connectivity index (χ2n) is 4.93. The Morgan fingerprint density at radius 2 is 2.06 bits per heavy atom. The zero-order valence-electron chi connectivity index (χ0n) is 9.79. The highest BCUT2D eigenvalue weighted by Crippen LogP contribution is 2.28. The van der Waals surface area contributed by atoms with Gasteiger partial charge < -0.3 is 4.98 Å². The smallest absolute Gasteiger partial charge is 0.107 e. The zero-order chi connectivity index (χ0) is 11.2. The molecule has 0 aliphatic heterocycles. The molecule has 1 heterocycles. The third kappa shape index (κ3) is 3.82. The lowest BCUT2D eigenvalue weighted by molar-refractivity contribution is 0.417. The number of nitrogens with zero attached hydrogens (tertiary/aromatic N) is 1. The zero-order valence-corrected chi connectivity index (χ0v) is 10.5. The van der Waals surface area contributed by atoms with Gasteiger partial charge in [-0.3, -0.25) is 0 Å². The summed E-state index contributed by atoms with van der Waals surface area (Å²) >= 11 is 6.40. The number of halogens is 1. The fraction of sp³-hybridized carbons (Fsp3) is 0.769.